The van der Waals surface area contributed by atoms with E-state index in [0.29, 0.717) is 17.8 Å². The summed E-state index contributed by atoms with van der Waals surface area (Å²) >= 11 is 0. The molecular formula is C26H35N3O2. The molecule has 8 rings (SSSR count). The number of ether oxygens (including phenoxy) is 1. The van der Waals surface area contributed by atoms with Crippen molar-refractivity contribution in [1.29, 1.82) is 0 Å². The van der Waals surface area contributed by atoms with Crippen LogP contribution in [0.4, 0.5) is 10.5 Å². The summed E-state index contributed by atoms with van der Waals surface area (Å²) in [5.74, 6) is 3.71. The number of amides is 1. The van der Waals surface area contributed by atoms with E-state index in [1.165, 1.54) is 48.9 Å². The Morgan fingerprint density at radius 3 is 2.39 bits per heavy atom. The van der Waals surface area contributed by atoms with E-state index in [2.05, 4.69) is 33.3 Å². The number of anilines is 1. The third-order valence-electron chi connectivity index (χ3n) is 9.57. The number of fused-ring (bicyclic) bond motifs is 5. The van der Waals surface area contributed by atoms with Gasteiger partial charge in [0.25, 0.3) is 0 Å². The number of likely N-dealkylation sites (tertiary alicyclic amines) is 1. The molecule has 2 saturated heterocycles. The molecule has 1 aromatic rings. The largest absolute Gasteiger partial charge is 0.445 e. The summed E-state index contributed by atoms with van der Waals surface area (Å²) in [4.78, 5) is 18.0. The van der Waals surface area contributed by atoms with Crippen LogP contribution in [0.3, 0.4) is 0 Å². The van der Waals surface area contributed by atoms with E-state index in [-0.39, 0.29) is 18.2 Å². The third-order valence-corrected chi connectivity index (χ3v) is 9.57. The van der Waals surface area contributed by atoms with Crippen molar-refractivity contribution in [2.75, 3.05) is 37.6 Å². The average Bonchev–Trinajstić information content (AvgIpc) is 3.07. The fourth-order valence-corrected chi connectivity index (χ4v) is 8.36. The van der Waals surface area contributed by atoms with Gasteiger partial charge in [-0.1, -0.05) is 6.07 Å². The maximum Gasteiger partial charge on any atom is 0.410 e. The normalized spacial score (nSPS) is 40.2. The molecule has 4 saturated carbocycles. The first-order chi connectivity index (χ1) is 15.2. The molecular weight excluding hydrogens is 386 g/mol. The Labute approximate surface area is 185 Å². The Balaban J connectivity index is 1.11. The highest BCUT2D eigenvalue weighted by Gasteiger charge is 2.51. The highest BCUT2D eigenvalue weighted by atomic mass is 16.6. The predicted octanol–water partition coefficient (Wildman–Crippen LogP) is 4.29. The number of rotatable bonds is 2. The number of carbonyl (C=O) groups excluding carboxylic acids is 1. The van der Waals surface area contributed by atoms with Gasteiger partial charge in [0, 0.05) is 38.4 Å². The molecule has 6 bridgehead atoms. The van der Waals surface area contributed by atoms with E-state index in [1.807, 2.05) is 0 Å². The standard InChI is InChI=1S/C26H35N3O2/c30-26(31-25-19-10-16-9-17(12-19)13-20(25)11-16)29-6-3-18-14-24(29)23-15-21(1-2-22(18)23)28-7-4-27-5-8-28/h1-2,15-20,24-25,27H,3-14H2. The van der Waals surface area contributed by atoms with Gasteiger partial charge in [-0.25, -0.2) is 4.79 Å². The van der Waals surface area contributed by atoms with Crippen LogP contribution in [0.25, 0.3) is 0 Å². The molecule has 0 spiro atoms. The van der Waals surface area contributed by atoms with Gasteiger partial charge < -0.3 is 19.9 Å². The van der Waals surface area contributed by atoms with Crippen molar-refractivity contribution in [3.63, 3.8) is 0 Å². The van der Waals surface area contributed by atoms with E-state index in [1.54, 1.807) is 0 Å². The molecule has 2 unspecified atom stereocenters. The van der Waals surface area contributed by atoms with Gasteiger partial charge in [0.05, 0.1) is 6.04 Å². The summed E-state index contributed by atoms with van der Waals surface area (Å²) in [5, 5.41) is 3.45. The lowest BCUT2D eigenvalue weighted by molar-refractivity contribution is -0.105. The van der Waals surface area contributed by atoms with Crippen LogP contribution in [-0.4, -0.2) is 49.8 Å². The molecule has 5 aliphatic carbocycles. The van der Waals surface area contributed by atoms with Crippen molar-refractivity contribution < 1.29 is 9.53 Å². The number of nitrogens with one attached hydrogen (secondary N) is 1. The zero-order valence-corrected chi connectivity index (χ0v) is 18.5. The SMILES string of the molecule is O=C(OC1C2CC3CC(C2)CC1C3)N1CCC2CC1c1cc(N3CCNCC3)ccc12. The number of benzene rings is 1. The zero-order chi connectivity index (χ0) is 20.5. The van der Waals surface area contributed by atoms with Gasteiger partial charge in [0.2, 0.25) is 0 Å². The molecule has 5 nitrogen and oxygen atoms in total. The van der Waals surface area contributed by atoms with Crippen molar-refractivity contribution >= 4 is 11.8 Å². The quantitative estimate of drug-likeness (QED) is 0.774. The van der Waals surface area contributed by atoms with E-state index >= 15 is 0 Å². The highest BCUT2D eigenvalue weighted by molar-refractivity contribution is 5.70. The second-order valence-corrected chi connectivity index (χ2v) is 11.3. The van der Waals surface area contributed by atoms with Gasteiger partial charge in [-0.05, 0) is 97.8 Å². The maximum atomic E-state index is 13.5. The second-order valence-electron chi connectivity index (χ2n) is 11.3. The van der Waals surface area contributed by atoms with E-state index in [4.69, 9.17) is 4.74 Å². The second kappa shape index (κ2) is 7.13. The van der Waals surface area contributed by atoms with Crippen LogP contribution in [0, 0.1) is 23.7 Å². The Hall–Kier alpha value is -1.75. The van der Waals surface area contributed by atoms with E-state index in [9.17, 15) is 4.79 Å². The molecule has 2 aliphatic heterocycles. The van der Waals surface area contributed by atoms with E-state index < -0.39 is 0 Å². The molecule has 1 aromatic carbocycles. The first-order valence-corrected chi connectivity index (χ1v) is 12.8. The van der Waals surface area contributed by atoms with Crippen LogP contribution < -0.4 is 10.2 Å². The molecule has 0 radical (unpaired) electrons. The molecule has 1 N–H and O–H groups in total. The topological polar surface area (TPSA) is 44.8 Å². The molecule has 5 heteroatoms. The van der Waals surface area contributed by atoms with Gasteiger partial charge in [-0.15, -0.1) is 0 Å². The van der Waals surface area contributed by atoms with Gasteiger partial charge in [-0.2, -0.15) is 0 Å². The minimum Gasteiger partial charge on any atom is -0.445 e. The first kappa shape index (κ1) is 18.8. The van der Waals surface area contributed by atoms with Crippen LogP contribution in [0.2, 0.25) is 0 Å². The van der Waals surface area contributed by atoms with Gasteiger partial charge in [-0.3, -0.25) is 0 Å². The molecule has 1 amide bonds. The number of hydrogen-bond acceptors (Lipinski definition) is 4. The van der Waals surface area contributed by atoms with Gasteiger partial charge in [0.1, 0.15) is 6.10 Å². The molecule has 31 heavy (non-hydrogen) atoms. The summed E-state index contributed by atoms with van der Waals surface area (Å²) in [5.41, 5.74) is 4.19. The number of piperidine rings is 1. The Morgan fingerprint density at radius 1 is 0.903 bits per heavy atom. The summed E-state index contributed by atoms with van der Waals surface area (Å²) in [6.07, 6.45) is 8.95. The number of nitrogens with zero attached hydrogens (tertiary/aromatic N) is 2. The lowest BCUT2D eigenvalue weighted by atomic mass is 9.55. The minimum atomic E-state index is -0.0265. The van der Waals surface area contributed by atoms with E-state index in [0.717, 1.165) is 57.4 Å². The fourth-order valence-electron chi connectivity index (χ4n) is 8.36. The molecule has 7 aliphatic rings. The third kappa shape index (κ3) is 3.02. The molecule has 0 aromatic heterocycles. The van der Waals surface area contributed by atoms with Crippen LogP contribution >= 0.6 is 0 Å². The summed E-state index contributed by atoms with van der Waals surface area (Å²) in [7, 11) is 0. The average molecular weight is 422 g/mol. The fraction of sp³-hybridized carbons (Fsp3) is 0.731. The summed E-state index contributed by atoms with van der Waals surface area (Å²) < 4.78 is 6.35. The lowest BCUT2D eigenvalue weighted by Crippen LogP contribution is -2.51. The van der Waals surface area contributed by atoms with Crippen molar-refractivity contribution in [1.82, 2.24) is 10.2 Å². The van der Waals surface area contributed by atoms with Crippen LogP contribution in [0.15, 0.2) is 18.2 Å². The van der Waals surface area contributed by atoms with Crippen LogP contribution in [-0.2, 0) is 4.74 Å². The molecule has 2 atom stereocenters. The first-order valence-electron chi connectivity index (χ1n) is 12.8. The number of hydrogen-bond donors (Lipinski definition) is 1. The predicted molar refractivity (Wildman–Crippen MR) is 120 cm³/mol. The van der Waals surface area contributed by atoms with Crippen molar-refractivity contribution in [2.45, 2.75) is 63.0 Å². The highest BCUT2D eigenvalue weighted by Crippen LogP contribution is 2.55. The smallest absolute Gasteiger partial charge is 0.410 e. The zero-order valence-electron chi connectivity index (χ0n) is 18.5. The molecule has 2 heterocycles. The number of carbonyl (C=O) groups is 1. The van der Waals surface area contributed by atoms with Crippen molar-refractivity contribution in [2.24, 2.45) is 23.7 Å². The maximum absolute atomic E-state index is 13.5. The summed E-state index contributed by atoms with van der Waals surface area (Å²) in [6.45, 7) is 5.06. The van der Waals surface area contributed by atoms with Gasteiger partial charge >= 0.3 is 6.09 Å². The Morgan fingerprint density at radius 2 is 1.65 bits per heavy atom. The Bertz CT molecular complexity index is 851. The minimum absolute atomic E-state index is 0.0265. The van der Waals surface area contributed by atoms with Crippen molar-refractivity contribution in [3.8, 4) is 0 Å². The van der Waals surface area contributed by atoms with Gasteiger partial charge in [0.15, 0.2) is 0 Å². The van der Waals surface area contributed by atoms with Crippen molar-refractivity contribution in [3.05, 3.63) is 29.3 Å². The molecule has 6 fully saturated rings. The monoisotopic (exact) mass is 421 g/mol. The van der Waals surface area contributed by atoms with Crippen LogP contribution in [0.1, 0.15) is 68.0 Å². The summed E-state index contributed by atoms with van der Waals surface area (Å²) in [6, 6.07) is 7.26. The lowest BCUT2D eigenvalue weighted by Gasteiger charge is -2.53. The van der Waals surface area contributed by atoms with Crippen LogP contribution in [0.5, 0.6) is 0 Å². The molecule has 166 valence electrons. The number of piperazine rings is 1. The Kier molecular flexibility index (Phi) is 4.32.